The number of aryl methyl sites for hydroxylation is 1. The third-order valence-electron chi connectivity index (χ3n) is 4.09. The first-order valence-electron chi connectivity index (χ1n) is 5.96. The molecule has 1 N–H and O–H groups in total. The van der Waals surface area contributed by atoms with Crippen LogP contribution < -0.4 is 0 Å². The van der Waals surface area contributed by atoms with Crippen molar-refractivity contribution in [1.29, 1.82) is 0 Å². The Kier molecular flexibility index (Phi) is 2.26. The van der Waals surface area contributed by atoms with Crippen LogP contribution in [-0.2, 0) is 17.3 Å². The van der Waals surface area contributed by atoms with E-state index in [1.165, 1.54) is 0 Å². The van der Waals surface area contributed by atoms with Crippen LogP contribution in [0.3, 0.4) is 0 Å². The summed E-state index contributed by atoms with van der Waals surface area (Å²) >= 11 is 6.23. The number of aliphatic carboxylic acids is 1. The van der Waals surface area contributed by atoms with Gasteiger partial charge in [-0.2, -0.15) is 0 Å². The van der Waals surface area contributed by atoms with Gasteiger partial charge in [0.2, 0.25) is 0 Å². The molecule has 0 aliphatic heterocycles. The Morgan fingerprint density at radius 2 is 2.11 bits per heavy atom. The van der Waals surface area contributed by atoms with Gasteiger partial charge in [-0.15, -0.1) is 0 Å². The van der Waals surface area contributed by atoms with Crippen LogP contribution in [0.2, 0.25) is 5.02 Å². The minimum Gasteiger partial charge on any atom is -0.481 e. The predicted molar refractivity (Wildman–Crippen MR) is 71.2 cm³/mol. The van der Waals surface area contributed by atoms with E-state index in [9.17, 15) is 9.90 Å². The fourth-order valence-corrected chi connectivity index (χ4v) is 3.19. The lowest BCUT2D eigenvalue weighted by Gasteiger charge is -2.10. The van der Waals surface area contributed by atoms with Crippen LogP contribution in [0.1, 0.15) is 24.1 Å². The van der Waals surface area contributed by atoms with Gasteiger partial charge in [0.05, 0.1) is 16.0 Å². The Morgan fingerprint density at radius 3 is 2.67 bits per heavy atom. The molecule has 1 aromatic carbocycles. The Morgan fingerprint density at radius 1 is 1.44 bits per heavy atom. The predicted octanol–water partition coefficient (Wildman–Crippen LogP) is 3.26. The van der Waals surface area contributed by atoms with Crippen molar-refractivity contribution in [3.8, 4) is 0 Å². The van der Waals surface area contributed by atoms with E-state index < -0.39 is 11.4 Å². The SMILES string of the molecule is Cc1c(C2(C(=O)O)CC2)c2cccc(Cl)c2n1C. The summed E-state index contributed by atoms with van der Waals surface area (Å²) in [5.41, 5.74) is 2.18. The second-order valence-corrected chi connectivity index (χ2v) is 5.45. The van der Waals surface area contributed by atoms with E-state index in [1.807, 2.05) is 36.7 Å². The summed E-state index contributed by atoms with van der Waals surface area (Å²) in [7, 11) is 1.94. The summed E-state index contributed by atoms with van der Waals surface area (Å²) in [6.45, 7) is 1.97. The smallest absolute Gasteiger partial charge is 0.314 e. The van der Waals surface area contributed by atoms with Crippen molar-refractivity contribution >= 4 is 28.5 Å². The zero-order chi connectivity index (χ0) is 13.1. The Balaban J connectivity index is 2.41. The number of hydrogen-bond acceptors (Lipinski definition) is 1. The number of hydrogen-bond donors (Lipinski definition) is 1. The van der Waals surface area contributed by atoms with Gasteiger partial charge in [-0.3, -0.25) is 4.79 Å². The maximum atomic E-state index is 11.5. The molecule has 94 valence electrons. The van der Waals surface area contributed by atoms with Gasteiger partial charge < -0.3 is 9.67 Å². The first-order chi connectivity index (χ1) is 8.49. The van der Waals surface area contributed by atoms with Gasteiger partial charge in [0, 0.05) is 18.1 Å². The molecule has 0 radical (unpaired) electrons. The standard InChI is InChI=1S/C14H14ClNO2/c1-8-11(14(6-7-14)13(17)18)9-4-3-5-10(15)12(9)16(8)2/h3-5H,6-7H2,1-2H3,(H,17,18). The molecule has 1 fully saturated rings. The van der Waals surface area contributed by atoms with Crippen molar-refractivity contribution in [2.24, 2.45) is 7.05 Å². The highest BCUT2D eigenvalue weighted by Crippen LogP contribution is 2.52. The molecule has 4 heteroatoms. The fourth-order valence-electron chi connectivity index (χ4n) is 2.89. The monoisotopic (exact) mass is 263 g/mol. The quantitative estimate of drug-likeness (QED) is 0.904. The van der Waals surface area contributed by atoms with E-state index >= 15 is 0 Å². The molecule has 1 aliphatic rings. The van der Waals surface area contributed by atoms with Crippen molar-refractivity contribution in [3.05, 3.63) is 34.5 Å². The van der Waals surface area contributed by atoms with Crippen LogP contribution in [0.15, 0.2) is 18.2 Å². The summed E-state index contributed by atoms with van der Waals surface area (Å²) in [4.78, 5) is 11.5. The second kappa shape index (κ2) is 3.51. The first-order valence-corrected chi connectivity index (χ1v) is 6.34. The van der Waals surface area contributed by atoms with Gasteiger partial charge in [-0.1, -0.05) is 23.7 Å². The van der Waals surface area contributed by atoms with E-state index in [0.717, 1.165) is 35.0 Å². The summed E-state index contributed by atoms with van der Waals surface area (Å²) in [5, 5.41) is 11.1. The number of carbonyl (C=O) groups is 1. The minimum absolute atomic E-state index is 0.672. The van der Waals surface area contributed by atoms with Crippen molar-refractivity contribution in [1.82, 2.24) is 4.57 Å². The lowest BCUT2D eigenvalue weighted by atomic mass is 9.93. The van der Waals surface area contributed by atoms with E-state index in [2.05, 4.69) is 0 Å². The molecule has 2 aromatic rings. The van der Waals surface area contributed by atoms with Crippen molar-refractivity contribution in [3.63, 3.8) is 0 Å². The number of nitrogens with zero attached hydrogens (tertiary/aromatic N) is 1. The summed E-state index contributed by atoms with van der Waals surface area (Å²) in [6.07, 6.45) is 1.43. The Bertz CT molecular complexity index is 668. The highest BCUT2D eigenvalue weighted by Gasteiger charge is 2.54. The second-order valence-electron chi connectivity index (χ2n) is 5.04. The normalized spacial score (nSPS) is 17.1. The van der Waals surface area contributed by atoms with Crippen molar-refractivity contribution < 1.29 is 9.90 Å². The van der Waals surface area contributed by atoms with Crippen molar-refractivity contribution in [2.45, 2.75) is 25.2 Å². The first kappa shape index (κ1) is 11.6. The van der Waals surface area contributed by atoms with Crippen LogP contribution in [0.5, 0.6) is 0 Å². The van der Waals surface area contributed by atoms with Gasteiger partial charge in [0.1, 0.15) is 0 Å². The fraction of sp³-hybridized carbons (Fsp3) is 0.357. The number of carboxylic acids is 1. The number of aromatic nitrogens is 1. The minimum atomic E-state index is -0.724. The number of benzene rings is 1. The average Bonchev–Trinajstić information content (AvgIpc) is 3.06. The Labute approximate surface area is 110 Å². The van der Waals surface area contributed by atoms with Crippen LogP contribution in [0.4, 0.5) is 0 Å². The zero-order valence-corrected chi connectivity index (χ0v) is 11.1. The molecule has 0 bridgehead atoms. The zero-order valence-electron chi connectivity index (χ0n) is 10.3. The van der Waals surface area contributed by atoms with Crippen LogP contribution >= 0.6 is 11.6 Å². The van der Waals surface area contributed by atoms with E-state index in [-0.39, 0.29) is 0 Å². The maximum Gasteiger partial charge on any atom is 0.314 e. The topological polar surface area (TPSA) is 42.2 Å². The molecule has 0 atom stereocenters. The maximum absolute atomic E-state index is 11.5. The third kappa shape index (κ3) is 1.28. The molecule has 3 nitrogen and oxygen atoms in total. The molecule has 0 unspecified atom stereocenters. The third-order valence-corrected chi connectivity index (χ3v) is 4.40. The van der Waals surface area contributed by atoms with Crippen LogP contribution in [-0.4, -0.2) is 15.6 Å². The molecule has 0 spiro atoms. The molecule has 0 amide bonds. The summed E-state index contributed by atoms with van der Waals surface area (Å²) < 4.78 is 2.00. The number of halogens is 1. The molecule has 1 aromatic heterocycles. The van der Waals surface area contributed by atoms with Gasteiger partial charge in [-0.25, -0.2) is 0 Å². The molecule has 3 rings (SSSR count). The summed E-state index contributed by atoms with van der Waals surface area (Å²) in [5.74, 6) is -0.724. The van der Waals surface area contributed by atoms with Gasteiger partial charge in [0.15, 0.2) is 0 Å². The number of carboxylic acid groups (broad SMARTS) is 1. The molecule has 1 saturated carbocycles. The number of rotatable bonds is 2. The van der Waals surface area contributed by atoms with Gasteiger partial charge >= 0.3 is 5.97 Å². The molecule has 1 aliphatic carbocycles. The molecular weight excluding hydrogens is 250 g/mol. The summed E-state index contributed by atoms with van der Waals surface area (Å²) in [6, 6.07) is 5.69. The van der Waals surface area contributed by atoms with Gasteiger partial charge in [0.25, 0.3) is 0 Å². The molecular formula is C14H14ClNO2. The van der Waals surface area contributed by atoms with Crippen molar-refractivity contribution in [2.75, 3.05) is 0 Å². The van der Waals surface area contributed by atoms with Gasteiger partial charge in [-0.05, 0) is 31.4 Å². The van der Waals surface area contributed by atoms with Crippen LogP contribution in [0.25, 0.3) is 10.9 Å². The molecule has 18 heavy (non-hydrogen) atoms. The van der Waals surface area contributed by atoms with Crippen LogP contribution in [0, 0.1) is 6.92 Å². The number of para-hydroxylation sites is 1. The Hall–Kier alpha value is -1.48. The average molecular weight is 264 g/mol. The lowest BCUT2D eigenvalue weighted by molar-refractivity contribution is -0.140. The van der Waals surface area contributed by atoms with E-state index in [0.29, 0.717) is 5.02 Å². The highest BCUT2D eigenvalue weighted by atomic mass is 35.5. The molecule has 1 heterocycles. The largest absolute Gasteiger partial charge is 0.481 e. The van der Waals surface area contributed by atoms with E-state index in [1.54, 1.807) is 0 Å². The van der Waals surface area contributed by atoms with E-state index in [4.69, 9.17) is 11.6 Å². The lowest BCUT2D eigenvalue weighted by Crippen LogP contribution is -2.20. The highest BCUT2D eigenvalue weighted by molar-refractivity contribution is 6.35. The number of fused-ring (bicyclic) bond motifs is 1. The molecule has 0 saturated heterocycles.